The monoisotopic (exact) mass is 383 g/mol. The van der Waals surface area contributed by atoms with Crippen molar-refractivity contribution < 1.29 is 0 Å². The van der Waals surface area contributed by atoms with E-state index in [0.29, 0.717) is 0 Å². The molecule has 90 valence electrons. The van der Waals surface area contributed by atoms with Crippen LogP contribution in [0, 0.1) is 0 Å². The molecule has 3 nitrogen and oxygen atoms in total. The maximum absolute atomic E-state index is 4.01. The molecule has 0 radical (unpaired) electrons. The van der Waals surface area contributed by atoms with Gasteiger partial charge >= 0.3 is 0 Å². The summed E-state index contributed by atoms with van der Waals surface area (Å²) < 4.78 is 1.86. The number of hydrogen-bond acceptors (Lipinski definition) is 4. The van der Waals surface area contributed by atoms with Crippen LogP contribution < -0.4 is 5.32 Å². The summed E-state index contributed by atoms with van der Waals surface area (Å²) in [5, 5.41) is 14.3. The summed E-state index contributed by atoms with van der Waals surface area (Å²) in [5.74, 6) is 0. The molecule has 2 aromatic carbocycles. The molecular weight excluding hydrogens is 378 g/mol. The van der Waals surface area contributed by atoms with Crippen molar-refractivity contribution >= 4 is 64.8 Å². The van der Waals surface area contributed by atoms with Crippen LogP contribution in [0.3, 0.4) is 0 Å². The predicted molar refractivity (Wildman–Crippen MR) is 82.5 cm³/mol. The van der Waals surface area contributed by atoms with E-state index in [-0.39, 0.29) is 0 Å². The van der Waals surface area contributed by atoms with Gasteiger partial charge in [0.25, 0.3) is 0 Å². The highest BCUT2D eigenvalue weighted by atomic mass is 79.9. The Kier molecular flexibility index (Phi) is 3.32. The maximum Gasteiger partial charge on any atom is 0.210 e. The smallest absolute Gasteiger partial charge is 0.210 e. The van der Waals surface area contributed by atoms with E-state index < -0.39 is 0 Å². The van der Waals surface area contributed by atoms with Crippen LogP contribution in [-0.4, -0.2) is 10.2 Å². The molecule has 0 saturated heterocycles. The fourth-order valence-corrected chi connectivity index (χ4v) is 3.08. The zero-order valence-electron chi connectivity index (χ0n) is 9.02. The molecule has 18 heavy (non-hydrogen) atoms. The van der Waals surface area contributed by atoms with Crippen LogP contribution in [0.1, 0.15) is 0 Å². The molecule has 0 saturated carbocycles. The third kappa shape index (κ3) is 2.55. The molecule has 0 spiro atoms. The number of nitrogens with one attached hydrogen (secondary N) is 1. The summed E-state index contributed by atoms with van der Waals surface area (Å²) in [4.78, 5) is 0. The van der Waals surface area contributed by atoms with E-state index in [0.717, 1.165) is 19.2 Å². The highest BCUT2D eigenvalue weighted by molar-refractivity contribution is 9.11. The van der Waals surface area contributed by atoms with Crippen LogP contribution in [0.2, 0.25) is 0 Å². The lowest BCUT2D eigenvalue weighted by atomic mass is 10.1. The van der Waals surface area contributed by atoms with Crippen LogP contribution >= 0.6 is 43.2 Å². The Bertz CT molecular complexity index is 711. The lowest BCUT2D eigenvalue weighted by Crippen LogP contribution is -1.89. The van der Waals surface area contributed by atoms with Crippen molar-refractivity contribution in [3.63, 3.8) is 0 Å². The fourth-order valence-electron chi connectivity index (χ4n) is 1.67. The molecule has 0 amide bonds. The Morgan fingerprint density at radius 3 is 2.50 bits per heavy atom. The largest absolute Gasteiger partial charge is 0.330 e. The number of anilines is 2. The first-order valence-corrected chi connectivity index (χ1v) is 7.56. The van der Waals surface area contributed by atoms with Crippen LogP contribution in [0.5, 0.6) is 0 Å². The molecule has 0 aliphatic carbocycles. The summed E-state index contributed by atoms with van der Waals surface area (Å²) in [6.07, 6.45) is 0. The van der Waals surface area contributed by atoms with Crippen molar-refractivity contribution in [1.82, 2.24) is 10.2 Å². The van der Waals surface area contributed by atoms with E-state index in [1.165, 1.54) is 22.1 Å². The molecule has 1 N–H and O–H groups in total. The first kappa shape index (κ1) is 12.1. The third-order valence-electron chi connectivity index (χ3n) is 2.45. The maximum atomic E-state index is 4.01. The van der Waals surface area contributed by atoms with Gasteiger partial charge < -0.3 is 5.32 Å². The summed E-state index contributed by atoms with van der Waals surface area (Å²) in [7, 11) is 0. The lowest BCUT2D eigenvalue weighted by molar-refractivity contribution is 1.07. The van der Waals surface area contributed by atoms with Crippen LogP contribution in [0.15, 0.2) is 44.8 Å². The fraction of sp³-hybridized carbons (Fsp3) is 0. The molecule has 3 aromatic rings. The number of nitrogens with zero attached hydrogens (tertiary/aromatic N) is 2. The number of rotatable bonds is 2. The summed E-state index contributed by atoms with van der Waals surface area (Å²) in [6, 6.07) is 12.4. The molecule has 0 aliphatic rings. The van der Waals surface area contributed by atoms with Crippen LogP contribution in [-0.2, 0) is 0 Å². The molecule has 3 rings (SSSR count). The zero-order valence-corrected chi connectivity index (χ0v) is 13.0. The molecule has 0 bridgehead atoms. The van der Waals surface area contributed by atoms with Crippen molar-refractivity contribution in [2.24, 2.45) is 0 Å². The van der Waals surface area contributed by atoms with E-state index in [1.54, 1.807) is 0 Å². The molecule has 0 atom stereocenters. The molecular formula is C12H7Br2N3S. The highest BCUT2D eigenvalue weighted by Gasteiger charge is 2.02. The number of benzene rings is 2. The first-order valence-electron chi connectivity index (χ1n) is 5.16. The second kappa shape index (κ2) is 4.95. The summed E-state index contributed by atoms with van der Waals surface area (Å²) >= 11 is 8.23. The van der Waals surface area contributed by atoms with Gasteiger partial charge in [0.1, 0.15) is 0 Å². The SMILES string of the molecule is Brc1ccc2cc(Nc3nnc(Br)s3)ccc2c1. The van der Waals surface area contributed by atoms with Gasteiger partial charge in [-0.2, -0.15) is 0 Å². The predicted octanol–water partition coefficient (Wildman–Crippen LogP) is 4.96. The first-order chi connectivity index (χ1) is 8.70. The van der Waals surface area contributed by atoms with Gasteiger partial charge in [-0.1, -0.05) is 39.4 Å². The Labute approximate surface area is 125 Å². The minimum absolute atomic E-state index is 0.773. The molecule has 0 fully saturated rings. The Balaban J connectivity index is 1.96. The van der Waals surface area contributed by atoms with Crippen molar-refractivity contribution in [2.75, 3.05) is 5.32 Å². The number of aromatic nitrogens is 2. The van der Waals surface area contributed by atoms with Gasteiger partial charge in [0.05, 0.1) is 0 Å². The Hall–Kier alpha value is -0.980. The van der Waals surface area contributed by atoms with Crippen molar-refractivity contribution in [3.8, 4) is 0 Å². The second-order valence-corrected chi connectivity index (χ2v) is 6.86. The molecule has 0 aliphatic heterocycles. The summed E-state index contributed by atoms with van der Waals surface area (Å²) in [5.41, 5.74) is 1.01. The van der Waals surface area contributed by atoms with E-state index >= 15 is 0 Å². The van der Waals surface area contributed by atoms with Gasteiger partial charge in [-0.15, -0.1) is 10.2 Å². The van der Waals surface area contributed by atoms with Crippen LogP contribution in [0.4, 0.5) is 10.8 Å². The third-order valence-corrected chi connectivity index (χ3v) is 4.22. The average molecular weight is 385 g/mol. The van der Waals surface area contributed by atoms with Gasteiger partial charge in [-0.05, 0) is 51.0 Å². The molecule has 1 aromatic heterocycles. The van der Waals surface area contributed by atoms with Crippen molar-refractivity contribution in [1.29, 1.82) is 0 Å². The van der Waals surface area contributed by atoms with E-state index in [2.05, 4.69) is 71.6 Å². The normalized spacial score (nSPS) is 10.8. The van der Waals surface area contributed by atoms with E-state index in [1.807, 2.05) is 12.1 Å². The van der Waals surface area contributed by atoms with E-state index in [4.69, 9.17) is 0 Å². The minimum atomic E-state index is 0.773. The van der Waals surface area contributed by atoms with Crippen molar-refractivity contribution in [2.45, 2.75) is 0 Å². The van der Waals surface area contributed by atoms with Gasteiger partial charge in [0.15, 0.2) is 3.92 Å². The summed E-state index contributed by atoms with van der Waals surface area (Å²) in [6.45, 7) is 0. The molecule has 0 unspecified atom stereocenters. The quantitative estimate of drug-likeness (QED) is 0.678. The number of fused-ring (bicyclic) bond motifs is 1. The molecule has 1 heterocycles. The zero-order chi connectivity index (χ0) is 12.5. The highest BCUT2D eigenvalue weighted by Crippen LogP contribution is 2.27. The lowest BCUT2D eigenvalue weighted by Gasteiger charge is -2.04. The molecule has 6 heteroatoms. The Morgan fingerprint density at radius 1 is 0.944 bits per heavy atom. The van der Waals surface area contributed by atoms with E-state index in [9.17, 15) is 0 Å². The average Bonchev–Trinajstić information content (AvgIpc) is 2.75. The number of hydrogen-bond donors (Lipinski definition) is 1. The van der Waals surface area contributed by atoms with Gasteiger partial charge in [-0.25, -0.2) is 0 Å². The van der Waals surface area contributed by atoms with Gasteiger partial charge in [0, 0.05) is 10.2 Å². The Morgan fingerprint density at radius 2 is 1.72 bits per heavy atom. The van der Waals surface area contributed by atoms with Gasteiger partial charge in [0.2, 0.25) is 5.13 Å². The minimum Gasteiger partial charge on any atom is -0.330 e. The van der Waals surface area contributed by atoms with Gasteiger partial charge in [-0.3, -0.25) is 0 Å². The second-order valence-electron chi connectivity index (χ2n) is 3.69. The van der Waals surface area contributed by atoms with Crippen LogP contribution in [0.25, 0.3) is 10.8 Å². The topological polar surface area (TPSA) is 37.8 Å². The standard InChI is InChI=1S/C12H7Br2N3S/c13-9-3-1-8-6-10(4-2-7(8)5-9)15-12-17-16-11(14)18-12/h1-6H,(H,15,17). The number of halogens is 2. The van der Waals surface area contributed by atoms with Crippen molar-refractivity contribution in [3.05, 3.63) is 44.8 Å².